The first-order valence-electron chi connectivity index (χ1n) is 29.9. The molecule has 0 heteroatoms. The molecule has 86 heavy (non-hydrogen) atoms. The molecule has 0 unspecified atom stereocenters. The van der Waals surface area contributed by atoms with Gasteiger partial charge in [-0.15, -0.1) is 0 Å². The molecule has 0 nitrogen and oxygen atoms in total. The average Bonchev–Trinajstić information content (AvgIpc) is 3.11. The van der Waals surface area contributed by atoms with Gasteiger partial charge in [-0.2, -0.15) is 0 Å². The quantitative estimate of drug-likeness (QED) is 0.151. The third-order valence-corrected chi connectivity index (χ3v) is 16.1. The van der Waals surface area contributed by atoms with Crippen molar-refractivity contribution >= 4 is 86.2 Å². The lowest BCUT2D eigenvalue weighted by molar-refractivity contribution is 1.46. The number of benzene rings is 16. The number of fused-ring (bicyclic) bond motifs is 8. The fraction of sp³-hybridized carbons (Fsp3) is 0.0698. The van der Waals surface area contributed by atoms with Gasteiger partial charge in [0.2, 0.25) is 0 Å². The zero-order chi connectivity index (χ0) is 59.2. The van der Waals surface area contributed by atoms with Crippen molar-refractivity contribution in [3.8, 4) is 22.3 Å². The summed E-state index contributed by atoms with van der Waals surface area (Å²) in [6.45, 7) is 12.9. The van der Waals surface area contributed by atoms with E-state index < -0.39 is 0 Å². The van der Waals surface area contributed by atoms with Crippen LogP contribution in [0, 0.1) is 41.5 Å². The van der Waals surface area contributed by atoms with E-state index in [0.29, 0.717) is 0 Å². The second-order valence-corrected chi connectivity index (χ2v) is 22.5. The van der Waals surface area contributed by atoms with E-state index in [1.54, 1.807) is 0 Å². The summed E-state index contributed by atoms with van der Waals surface area (Å²) >= 11 is 0. The van der Waals surface area contributed by atoms with Crippen LogP contribution < -0.4 is 0 Å². The van der Waals surface area contributed by atoms with E-state index in [1.807, 2.05) is 0 Å². The van der Waals surface area contributed by atoms with Gasteiger partial charge >= 0.3 is 0 Å². The number of aryl methyl sites for hydroxylation is 6. The largest absolute Gasteiger partial charge is 0.0622 e. The highest BCUT2D eigenvalue weighted by Gasteiger charge is 2.05. The highest BCUT2D eigenvalue weighted by Crippen LogP contribution is 2.31. The van der Waals surface area contributed by atoms with Crippen molar-refractivity contribution in [3.63, 3.8) is 0 Å². The average molecular weight is 1110 g/mol. The molecular weight excluding hydrogens is 1030 g/mol. The summed E-state index contributed by atoms with van der Waals surface area (Å²) in [5.41, 5.74) is 13.1. The van der Waals surface area contributed by atoms with Gasteiger partial charge in [0.1, 0.15) is 0 Å². The Morgan fingerprint density at radius 2 is 0.477 bits per heavy atom. The Morgan fingerprint density at radius 1 is 0.151 bits per heavy atom. The maximum Gasteiger partial charge on any atom is -0.0148 e. The first kappa shape index (κ1) is 57.4. The summed E-state index contributed by atoms with van der Waals surface area (Å²) in [4.78, 5) is 0. The predicted octanol–water partition coefficient (Wildman–Crippen LogP) is 24.5. The normalized spacial score (nSPS) is 10.7. The molecule has 0 aliphatic heterocycles. The monoisotopic (exact) mass is 1100 g/mol. The zero-order valence-corrected chi connectivity index (χ0v) is 50.2. The van der Waals surface area contributed by atoms with Crippen molar-refractivity contribution in [2.45, 2.75) is 41.5 Å². The van der Waals surface area contributed by atoms with Gasteiger partial charge in [-0.25, -0.2) is 0 Å². The van der Waals surface area contributed by atoms with Crippen LogP contribution in [0.2, 0.25) is 0 Å². The second kappa shape index (κ2) is 27.3. The first-order valence-corrected chi connectivity index (χ1v) is 29.9. The van der Waals surface area contributed by atoms with Crippen molar-refractivity contribution in [2.24, 2.45) is 0 Å². The number of hydrogen-bond acceptors (Lipinski definition) is 0. The lowest BCUT2D eigenvalue weighted by Crippen LogP contribution is -1.84. The Kier molecular flexibility index (Phi) is 18.2. The van der Waals surface area contributed by atoms with Crippen molar-refractivity contribution in [3.05, 3.63) is 361 Å². The Balaban J connectivity index is 0.000000108. The molecule has 0 aliphatic carbocycles. The van der Waals surface area contributed by atoms with E-state index in [4.69, 9.17) is 0 Å². The van der Waals surface area contributed by atoms with Crippen LogP contribution in [-0.2, 0) is 0 Å². The standard InChI is InChI=1S/C19H16.3C15H12.2C11H10/c1-15-12-18(16-8-4-2-5-9-16)14-19(13-15)17-10-6-3-7-11-17;1-11-14-8-4-2-6-12(14)10-13-7-3-5-9-15(11)13;1-11-5-4-8-14-9-12-6-2-3-7-13(12)10-15(11)14;1-11-6-7-14-9-12-4-2-3-5-13(12)10-15(14)8-11;1-9-5-4-7-10-6-2-3-8-11(9)10;1-9-6-7-10-4-2-3-5-11(10)8-9/h2-14H,1H3;3*2-10H,1H3;2*2-8H,1H3. The molecule has 0 spiro atoms. The highest BCUT2D eigenvalue weighted by molar-refractivity contribution is 6.03. The molecule has 416 valence electrons. The summed E-state index contributed by atoms with van der Waals surface area (Å²) in [6, 6.07) is 116. The summed E-state index contributed by atoms with van der Waals surface area (Å²) in [5.74, 6) is 0. The van der Waals surface area contributed by atoms with E-state index in [2.05, 4.69) is 369 Å². The van der Waals surface area contributed by atoms with Crippen LogP contribution in [-0.4, -0.2) is 0 Å². The Labute approximate surface area is 508 Å². The van der Waals surface area contributed by atoms with E-state index >= 15 is 0 Å². The van der Waals surface area contributed by atoms with Crippen LogP contribution in [0.4, 0.5) is 0 Å². The molecule has 0 radical (unpaired) electrons. The van der Waals surface area contributed by atoms with Gasteiger partial charge in [-0.3, -0.25) is 0 Å². The minimum Gasteiger partial charge on any atom is -0.0622 e. The molecule has 0 bridgehead atoms. The molecule has 0 fully saturated rings. The SMILES string of the molecule is Cc1c2ccccc2cc2ccccc12.Cc1cc(-c2ccccc2)cc(-c2ccccc2)c1.Cc1ccc2cc3ccccc3cc2c1.Cc1ccc2ccccc2c1.Cc1cccc2cc3ccccc3cc12.Cc1cccc2ccccc12. The summed E-state index contributed by atoms with van der Waals surface area (Å²) in [5, 5.41) is 21.3. The third kappa shape index (κ3) is 14.1. The lowest BCUT2D eigenvalue weighted by Gasteiger charge is -2.08. The molecule has 0 amide bonds. The minimum atomic E-state index is 1.27. The molecule has 16 aromatic carbocycles. The van der Waals surface area contributed by atoms with Gasteiger partial charge < -0.3 is 0 Å². The Bertz CT molecular complexity index is 4770. The molecule has 0 aliphatic rings. The third-order valence-electron chi connectivity index (χ3n) is 16.1. The molecule has 0 heterocycles. The van der Waals surface area contributed by atoms with Crippen LogP contribution in [0.1, 0.15) is 33.4 Å². The van der Waals surface area contributed by atoms with Crippen LogP contribution in [0.3, 0.4) is 0 Å². The summed E-state index contributed by atoms with van der Waals surface area (Å²) < 4.78 is 0. The van der Waals surface area contributed by atoms with E-state index in [0.717, 1.165) is 0 Å². The lowest BCUT2D eigenvalue weighted by atomic mass is 9.97. The van der Waals surface area contributed by atoms with Crippen LogP contribution >= 0.6 is 0 Å². The smallest absolute Gasteiger partial charge is 0.0148 e. The number of hydrogen-bond donors (Lipinski definition) is 0. The Hall–Kier alpha value is -10.4. The van der Waals surface area contributed by atoms with Gasteiger partial charge in [-0.1, -0.05) is 302 Å². The maximum atomic E-state index is 2.28. The van der Waals surface area contributed by atoms with Crippen LogP contribution in [0.5, 0.6) is 0 Å². The van der Waals surface area contributed by atoms with Crippen molar-refractivity contribution in [1.82, 2.24) is 0 Å². The molecule has 0 aromatic heterocycles. The van der Waals surface area contributed by atoms with Crippen molar-refractivity contribution in [2.75, 3.05) is 0 Å². The molecule has 0 atom stereocenters. The molecule has 16 rings (SSSR count). The first-order chi connectivity index (χ1) is 42.1. The second-order valence-electron chi connectivity index (χ2n) is 22.5. The molecule has 16 aromatic rings. The molecular formula is C86H72. The summed E-state index contributed by atoms with van der Waals surface area (Å²) in [7, 11) is 0. The number of rotatable bonds is 2. The van der Waals surface area contributed by atoms with Gasteiger partial charge in [-0.05, 0) is 209 Å². The zero-order valence-electron chi connectivity index (χ0n) is 50.2. The fourth-order valence-corrected chi connectivity index (χ4v) is 11.5. The summed E-state index contributed by atoms with van der Waals surface area (Å²) in [6.07, 6.45) is 0. The molecule has 0 saturated heterocycles. The molecule has 0 saturated carbocycles. The topological polar surface area (TPSA) is 0 Å². The highest BCUT2D eigenvalue weighted by atomic mass is 14.1. The van der Waals surface area contributed by atoms with E-state index in [-0.39, 0.29) is 0 Å². The predicted molar refractivity (Wildman–Crippen MR) is 378 cm³/mol. The maximum absolute atomic E-state index is 2.28. The fourth-order valence-electron chi connectivity index (χ4n) is 11.5. The van der Waals surface area contributed by atoms with Gasteiger partial charge in [0.25, 0.3) is 0 Å². The van der Waals surface area contributed by atoms with Crippen molar-refractivity contribution in [1.29, 1.82) is 0 Å². The molecule has 0 N–H and O–H groups in total. The van der Waals surface area contributed by atoms with Crippen molar-refractivity contribution < 1.29 is 0 Å². The van der Waals surface area contributed by atoms with Crippen LogP contribution in [0.15, 0.2) is 328 Å². The van der Waals surface area contributed by atoms with Gasteiger partial charge in [0.15, 0.2) is 0 Å². The van der Waals surface area contributed by atoms with Crippen LogP contribution in [0.25, 0.3) is 108 Å². The van der Waals surface area contributed by atoms with E-state index in [1.165, 1.54) is 142 Å². The minimum absolute atomic E-state index is 1.27. The Morgan fingerprint density at radius 3 is 1.00 bits per heavy atom. The van der Waals surface area contributed by atoms with Gasteiger partial charge in [0, 0.05) is 0 Å². The van der Waals surface area contributed by atoms with Gasteiger partial charge in [0.05, 0.1) is 0 Å². The van der Waals surface area contributed by atoms with E-state index in [9.17, 15) is 0 Å².